The average Bonchev–Trinajstić information content (AvgIpc) is 2.19. The zero-order valence-electron chi connectivity index (χ0n) is 8.25. The Morgan fingerprint density at radius 3 is 2.24 bits per heavy atom. The van der Waals surface area contributed by atoms with Gasteiger partial charge < -0.3 is 10.2 Å². The van der Waals surface area contributed by atoms with Gasteiger partial charge in [0.1, 0.15) is 4.90 Å². The predicted molar refractivity (Wildman–Crippen MR) is 62.1 cm³/mol. The first kappa shape index (κ1) is 12.0. The van der Waals surface area contributed by atoms with Crippen molar-refractivity contribution in [1.82, 2.24) is 0 Å². The predicted octanol–water partition coefficient (Wildman–Crippen LogP) is 2.15. The second-order valence-corrected chi connectivity index (χ2v) is 5.18. The van der Waals surface area contributed by atoms with Crippen LogP contribution in [0, 0.1) is 0 Å². The van der Waals surface area contributed by atoms with Gasteiger partial charge in [-0.05, 0) is 23.6 Å². The summed E-state index contributed by atoms with van der Waals surface area (Å²) in [4.78, 5) is -0.447. The fourth-order valence-electron chi connectivity index (χ4n) is 1.49. The Balaban J connectivity index is 2.90. The fourth-order valence-corrected chi connectivity index (χ4v) is 2.59. The molecule has 0 fully saturated rings. The molecular formula is C10H7ClO5S. The molecule has 0 unspecified atom stereocenters. The third kappa shape index (κ3) is 2.02. The van der Waals surface area contributed by atoms with E-state index in [0.717, 1.165) is 12.1 Å². The Labute approximate surface area is 102 Å². The van der Waals surface area contributed by atoms with Gasteiger partial charge in [-0.3, -0.25) is 4.55 Å². The average molecular weight is 275 g/mol. The lowest BCUT2D eigenvalue weighted by atomic mass is 10.1. The maximum atomic E-state index is 11.0. The van der Waals surface area contributed by atoms with Gasteiger partial charge in [0, 0.05) is 5.39 Å². The van der Waals surface area contributed by atoms with Crippen LogP contribution in [0.4, 0.5) is 0 Å². The molecule has 90 valence electrons. The van der Waals surface area contributed by atoms with Crippen LogP contribution in [0.5, 0.6) is 11.5 Å². The van der Waals surface area contributed by atoms with Crippen molar-refractivity contribution >= 4 is 32.5 Å². The number of halogens is 1. The van der Waals surface area contributed by atoms with Crippen molar-refractivity contribution in [3.8, 4) is 11.5 Å². The smallest absolute Gasteiger partial charge is 0.296 e. The molecule has 2 aromatic rings. The van der Waals surface area contributed by atoms with E-state index in [0.29, 0.717) is 5.39 Å². The Bertz CT molecular complexity index is 708. The molecule has 3 N–H and O–H groups in total. The number of phenols is 2. The van der Waals surface area contributed by atoms with Crippen LogP contribution < -0.4 is 0 Å². The number of rotatable bonds is 1. The molecule has 0 aliphatic carbocycles. The summed E-state index contributed by atoms with van der Waals surface area (Å²) in [5.74, 6) is -0.764. The quantitative estimate of drug-likeness (QED) is 0.547. The zero-order valence-corrected chi connectivity index (χ0v) is 9.83. The molecular weight excluding hydrogens is 268 g/mol. The molecule has 0 aliphatic rings. The van der Waals surface area contributed by atoms with E-state index in [-0.39, 0.29) is 16.2 Å². The summed E-state index contributed by atoms with van der Waals surface area (Å²) >= 11 is 5.82. The molecule has 2 aromatic carbocycles. The molecule has 17 heavy (non-hydrogen) atoms. The highest BCUT2D eigenvalue weighted by Crippen LogP contribution is 2.36. The van der Waals surface area contributed by atoms with Gasteiger partial charge in [-0.2, -0.15) is 8.42 Å². The Morgan fingerprint density at radius 1 is 1.06 bits per heavy atom. The van der Waals surface area contributed by atoms with E-state index in [1.807, 2.05) is 0 Å². The van der Waals surface area contributed by atoms with E-state index >= 15 is 0 Å². The fraction of sp³-hybridized carbons (Fsp3) is 0. The van der Waals surface area contributed by atoms with Crippen LogP contribution in [-0.2, 0) is 10.1 Å². The minimum atomic E-state index is -4.42. The van der Waals surface area contributed by atoms with Crippen LogP contribution in [0.15, 0.2) is 29.2 Å². The summed E-state index contributed by atoms with van der Waals surface area (Å²) in [5.41, 5.74) is 0. The van der Waals surface area contributed by atoms with Gasteiger partial charge in [0.15, 0.2) is 11.5 Å². The van der Waals surface area contributed by atoms with E-state index in [9.17, 15) is 18.6 Å². The van der Waals surface area contributed by atoms with E-state index in [1.54, 1.807) is 0 Å². The molecule has 0 spiro atoms. The highest BCUT2D eigenvalue weighted by atomic mass is 35.5. The van der Waals surface area contributed by atoms with E-state index in [2.05, 4.69) is 0 Å². The third-order valence-corrected chi connectivity index (χ3v) is 3.71. The number of benzene rings is 2. The number of fused-ring (bicyclic) bond motifs is 1. The molecule has 7 heteroatoms. The van der Waals surface area contributed by atoms with Crippen molar-refractivity contribution in [2.75, 3.05) is 0 Å². The topological polar surface area (TPSA) is 94.8 Å². The standard InChI is InChI=1S/C10H7ClO5S/c11-10-6-4-8(13)7(12)3-5(6)1-2-9(10)17(14,15)16/h1-4,12-13H,(H,14,15,16). The van der Waals surface area contributed by atoms with Crippen LogP contribution in [-0.4, -0.2) is 23.2 Å². The Morgan fingerprint density at radius 2 is 1.65 bits per heavy atom. The molecule has 0 saturated carbocycles. The van der Waals surface area contributed by atoms with Crippen molar-refractivity contribution < 1.29 is 23.2 Å². The minimum absolute atomic E-state index is 0.208. The summed E-state index contributed by atoms with van der Waals surface area (Å²) in [5, 5.41) is 19.0. The van der Waals surface area contributed by atoms with Gasteiger partial charge >= 0.3 is 0 Å². The van der Waals surface area contributed by atoms with E-state index in [1.165, 1.54) is 12.1 Å². The van der Waals surface area contributed by atoms with Gasteiger partial charge in [0.2, 0.25) is 0 Å². The van der Waals surface area contributed by atoms with Crippen LogP contribution in [0.1, 0.15) is 0 Å². The molecule has 0 aliphatic heterocycles. The highest BCUT2D eigenvalue weighted by molar-refractivity contribution is 7.86. The molecule has 0 amide bonds. The maximum Gasteiger partial charge on any atom is 0.296 e. The van der Waals surface area contributed by atoms with Gasteiger partial charge in [-0.25, -0.2) is 0 Å². The Hall–Kier alpha value is -1.50. The number of hydrogen-bond donors (Lipinski definition) is 3. The van der Waals surface area contributed by atoms with Crippen LogP contribution in [0.25, 0.3) is 10.8 Å². The molecule has 0 bridgehead atoms. The first-order valence-corrected chi connectivity index (χ1v) is 6.24. The molecule has 0 atom stereocenters. The second-order valence-electron chi connectivity index (χ2n) is 3.41. The summed E-state index contributed by atoms with van der Waals surface area (Å²) in [6.45, 7) is 0. The minimum Gasteiger partial charge on any atom is -0.504 e. The molecule has 5 nitrogen and oxygen atoms in total. The van der Waals surface area contributed by atoms with Crippen molar-refractivity contribution in [3.05, 3.63) is 29.3 Å². The normalized spacial score (nSPS) is 11.9. The monoisotopic (exact) mass is 274 g/mol. The van der Waals surface area contributed by atoms with Crippen LogP contribution in [0.3, 0.4) is 0 Å². The van der Waals surface area contributed by atoms with Gasteiger partial charge in [-0.1, -0.05) is 17.7 Å². The highest BCUT2D eigenvalue weighted by Gasteiger charge is 2.17. The molecule has 0 heterocycles. The lowest BCUT2D eigenvalue weighted by molar-refractivity contribution is 0.405. The molecule has 0 radical (unpaired) electrons. The van der Waals surface area contributed by atoms with Gasteiger partial charge in [0.05, 0.1) is 5.02 Å². The van der Waals surface area contributed by atoms with Crippen LogP contribution in [0.2, 0.25) is 5.02 Å². The molecule has 0 saturated heterocycles. The SMILES string of the molecule is O=S(=O)(O)c1ccc2cc(O)c(O)cc2c1Cl. The zero-order chi connectivity index (χ0) is 12.8. The second kappa shape index (κ2) is 3.76. The lowest BCUT2D eigenvalue weighted by Crippen LogP contribution is -1.99. The summed E-state index contributed by atoms with van der Waals surface area (Å²) in [7, 11) is -4.42. The van der Waals surface area contributed by atoms with Crippen molar-refractivity contribution in [3.63, 3.8) is 0 Å². The number of phenolic OH excluding ortho intramolecular Hbond substituents is 2. The van der Waals surface area contributed by atoms with Gasteiger partial charge in [0.25, 0.3) is 10.1 Å². The lowest BCUT2D eigenvalue weighted by Gasteiger charge is -2.06. The summed E-state index contributed by atoms with van der Waals surface area (Å²) < 4.78 is 30.9. The van der Waals surface area contributed by atoms with E-state index < -0.39 is 20.8 Å². The first-order chi connectivity index (χ1) is 7.80. The van der Waals surface area contributed by atoms with Gasteiger partial charge in [-0.15, -0.1) is 0 Å². The number of hydrogen-bond acceptors (Lipinski definition) is 4. The van der Waals surface area contributed by atoms with Crippen molar-refractivity contribution in [1.29, 1.82) is 0 Å². The summed E-state index contributed by atoms with van der Waals surface area (Å²) in [6.07, 6.45) is 0. The Kier molecular flexibility index (Phi) is 2.65. The maximum absolute atomic E-state index is 11.0. The van der Waals surface area contributed by atoms with Crippen molar-refractivity contribution in [2.45, 2.75) is 4.90 Å². The first-order valence-electron chi connectivity index (χ1n) is 4.42. The van der Waals surface area contributed by atoms with E-state index in [4.69, 9.17) is 16.2 Å². The number of aromatic hydroxyl groups is 2. The summed E-state index contributed by atoms with van der Waals surface area (Å²) in [6, 6.07) is 4.85. The molecule has 2 rings (SSSR count). The third-order valence-electron chi connectivity index (χ3n) is 2.29. The largest absolute Gasteiger partial charge is 0.504 e. The molecule has 0 aromatic heterocycles. The van der Waals surface area contributed by atoms with Crippen LogP contribution >= 0.6 is 11.6 Å². The van der Waals surface area contributed by atoms with Crippen molar-refractivity contribution in [2.24, 2.45) is 0 Å².